The molecule has 0 saturated carbocycles. The van der Waals surface area contributed by atoms with Crippen molar-refractivity contribution in [1.29, 1.82) is 0 Å². The lowest BCUT2D eigenvalue weighted by Gasteiger charge is -2.15. The highest BCUT2D eigenvalue weighted by Gasteiger charge is 2.14. The predicted molar refractivity (Wildman–Crippen MR) is 123 cm³/mol. The van der Waals surface area contributed by atoms with Crippen LogP contribution in [0.3, 0.4) is 0 Å². The van der Waals surface area contributed by atoms with Crippen molar-refractivity contribution in [1.82, 2.24) is 9.55 Å². The maximum absolute atomic E-state index is 13.4. The molecule has 1 aromatic heterocycles. The quantitative estimate of drug-likeness (QED) is 0.392. The van der Waals surface area contributed by atoms with E-state index in [0.717, 1.165) is 28.4 Å². The normalized spacial score (nSPS) is 11.1. The minimum absolute atomic E-state index is 0.0630. The van der Waals surface area contributed by atoms with Crippen molar-refractivity contribution in [3.05, 3.63) is 105 Å². The first-order chi connectivity index (χ1) is 14.0. The topological polar surface area (TPSA) is 34.9 Å². The monoisotopic (exact) mass is 420 g/mol. The summed E-state index contributed by atoms with van der Waals surface area (Å²) in [4.78, 5) is 18.2. The highest BCUT2D eigenvalue weighted by atomic mass is 35.5. The summed E-state index contributed by atoms with van der Waals surface area (Å²) in [6, 6.07) is 21.7. The van der Waals surface area contributed by atoms with Crippen molar-refractivity contribution in [2.75, 3.05) is 0 Å². The number of aromatic nitrogens is 2. The summed E-state index contributed by atoms with van der Waals surface area (Å²) in [7, 11) is 0. The standard InChI is InChI=1S/C24H21ClN2OS/c1-16-10-17(2)12-20(11-16)27-23(15-29-14-18-6-4-3-5-7-18)26-22-13-19(25)8-9-21(22)24(27)28/h3-13H,14-15H2,1-2H3. The van der Waals surface area contributed by atoms with Crippen LogP contribution < -0.4 is 5.56 Å². The Morgan fingerprint density at radius 1 is 0.931 bits per heavy atom. The fourth-order valence-electron chi connectivity index (χ4n) is 3.48. The van der Waals surface area contributed by atoms with Crippen molar-refractivity contribution < 1.29 is 0 Å². The fraction of sp³-hybridized carbons (Fsp3) is 0.167. The fourth-order valence-corrected chi connectivity index (χ4v) is 4.55. The molecule has 0 amide bonds. The van der Waals surface area contributed by atoms with Gasteiger partial charge in [-0.05, 0) is 60.9 Å². The number of nitrogens with zero attached hydrogens (tertiary/aromatic N) is 2. The SMILES string of the molecule is Cc1cc(C)cc(-n2c(CSCc3ccccc3)nc3cc(Cl)ccc3c2=O)c1. The third-order valence-electron chi connectivity index (χ3n) is 4.71. The Kier molecular flexibility index (Phi) is 5.74. The Morgan fingerprint density at radius 3 is 2.38 bits per heavy atom. The molecule has 0 aliphatic heterocycles. The lowest BCUT2D eigenvalue weighted by molar-refractivity contribution is 0.881. The number of hydrogen-bond acceptors (Lipinski definition) is 3. The van der Waals surface area contributed by atoms with Gasteiger partial charge in [0.2, 0.25) is 0 Å². The van der Waals surface area contributed by atoms with E-state index in [1.807, 2.05) is 44.2 Å². The molecular formula is C24H21ClN2OS. The first kappa shape index (κ1) is 19.7. The molecule has 29 heavy (non-hydrogen) atoms. The van der Waals surface area contributed by atoms with Crippen LogP contribution in [0, 0.1) is 13.8 Å². The smallest absolute Gasteiger partial charge is 0.265 e. The van der Waals surface area contributed by atoms with E-state index >= 15 is 0 Å². The van der Waals surface area contributed by atoms with Crippen LogP contribution >= 0.6 is 23.4 Å². The van der Waals surface area contributed by atoms with Crippen molar-refractivity contribution in [3.8, 4) is 5.69 Å². The molecule has 4 rings (SSSR count). The molecule has 3 nitrogen and oxygen atoms in total. The molecule has 146 valence electrons. The number of hydrogen-bond donors (Lipinski definition) is 0. The zero-order valence-electron chi connectivity index (χ0n) is 16.4. The van der Waals surface area contributed by atoms with E-state index in [0.29, 0.717) is 21.7 Å². The highest BCUT2D eigenvalue weighted by Crippen LogP contribution is 2.22. The molecule has 3 aromatic carbocycles. The summed E-state index contributed by atoms with van der Waals surface area (Å²) in [6.07, 6.45) is 0. The number of fused-ring (bicyclic) bond motifs is 1. The summed E-state index contributed by atoms with van der Waals surface area (Å²) < 4.78 is 1.74. The summed E-state index contributed by atoms with van der Waals surface area (Å²) in [6.45, 7) is 4.08. The summed E-state index contributed by atoms with van der Waals surface area (Å²) in [5.74, 6) is 2.21. The highest BCUT2D eigenvalue weighted by molar-refractivity contribution is 7.97. The number of aryl methyl sites for hydroxylation is 2. The minimum atomic E-state index is -0.0630. The molecule has 1 heterocycles. The molecule has 0 aliphatic rings. The van der Waals surface area contributed by atoms with Gasteiger partial charge in [0.25, 0.3) is 5.56 Å². The van der Waals surface area contributed by atoms with E-state index in [-0.39, 0.29) is 5.56 Å². The van der Waals surface area contributed by atoms with Crippen LogP contribution in [0.2, 0.25) is 5.02 Å². The first-order valence-corrected chi connectivity index (χ1v) is 11.0. The van der Waals surface area contributed by atoms with Crippen LogP contribution in [0.15, 0.2) is 71.5 Å². The average Bonchev–Trinajstić information content (AvgIpc) is 2.68. The molecular weight excluding hydrogens is 400 g/mol. The van der Waals surface area contributed by atoms with Gasteiger partial charge in [-0.3, -0.25) is 9.36 Å². The molecule has 0 N–H and O–H groups in total. The van der Waals surface area contributed by atoms with Gasteiger partial charge < -0.3 is 0 Å². The van der Waals surface area contributed by atoms with Crippen LogP contribution in [-0.4, -0.2) is 9.55 Å². The third kappa shape index (κ3) is 4.39. The van der Waals surface area contributed by atoms with Gasteiger partial charge in [0, 0.05) is 10.8 Å². The average molecular weight is 421 g/mol. The van der Waals surface area contributed by atoms with E-state index in [9.17, 15) is 4.79 Å². The molecule has 5 heteroatoms. The molecule has 0 spiro atoms. The van der Waals surface area contributed by atoms with Crippen LogP contribution in [0.1, 0.15) is 22.5 Å². The van der Waals surface area contributed by atoms with E-state index in [1.54, 1.807) is 34.5 Å². The van der Waals surface area contributed by atoms with Gasteiger partial charge in [0.15, 0.2) is 0 Å². The molecule has 4 aromatic rings. The number of rotatable bonds is 5. The van der Waals surface area contributed by atoms with Gasteiger partial charge >= 0.3 is 0 Å². The maximum Gasteiger partial charge on any atom is 0.265 e. The second kappa shape index (κ2) is 8.44. The van der Waals surface area contributed by atoms with Crippen molar-refractivity contribution >= 4 is 34.3 Å². The predicted octanol–water partition coefficient (Wildman–Crippen LogP) is 6.09. The van der Waals surface area contributed by atoms with E-state index in [4.69, 9.17) is 16.6 Å². The van der Waals surface area contributed by atoms with Gasteiger partial charge in [-0.25, -0.2) is 4.98 Å². The van der Waals surface area contributed by atoms with Crippen molar-refractivity contribution in [2.24, 2.45) is 0 Å². The van der Waals surface area contributed by atoms with Gasteiger partial charge in [0.05, 0.1) is 22.3 Å². The third-order valence-corrected chi connectivity index (χ3v) is 5.94. The second-order valence-electron chi connectivity index (χ2n) is 7.15. The Bertz CT molecular complexity index is 1210. The zero-order chi connectivity index (χ0) is 20.4. The first-order valence-electron chi connectivity index (χ1n) is 9.43. The molecule has 0 radical (unpaired) electrons. The Morgan fingerprint density at radius 2 is 1.66 bits per heavy atom. The molecule has 0 saturated heterocycles. The van der Waals surface area contributed by atoms with Crippen molar-refractivity contribution in [3.63, 3.8) is 0 Å². The van der Waals surface area contributed by atoms with Crippen LogP contribution in [0.25, 0.3) is 16.6 Å². The molecule has 0 fully saturated rings. The van der Waals surface area contributed by atoms with E-state index < -0.39 is 0 Å². The molecule has 0 unspecified atom stereocenters. The summed E-state index contributed by atoms with van der Waals surface area (Å²) in [5.41, 5.74) is 4.91. The molecule has 0 bridgehead atoms. The van der Waals surface area contributed by atoms with Gasteiger partial charge in [0.1, 0.15) is 5.82 Å². The van der Waals surface area contributed by atoms with Crippen LogP contribution in [0.4, 0.5) is 0 Å². The summed E-state index contributed by atoms with van der Waals surface area (Å²) >= 11 is 7.89. The lowest BCUT2D eigenvalue weighted by atomic mass is 10.1. The Balaban J connectivity index is 1.80. The largest absolute Gasteiger partial charge is 0.268 e. The molecule has 0 aliphatic carbocycles. The maximum atomic E-state index is 13.4. The number of benzene rings is 3. The zero-order valence-corrected chi connectivity index (χ0v) is 17.9. The number of thioether (sulfide) groups is 1. The molecule has 0 atom stereocenters. The lowest BCUT2D eigenvalue weighted by Crippen LogP contribution is -2.23. The van der Waals surface area contributed by atoms with Gasteiger partial charge in [-0.1, -0.05) is 48.0 Å². The van der Waals surface area contributed by atoms with Gasteiger partial charge in [-0.15, -0.1) is 11.8 Å². The number of halogens is 1. The minimum Gasteiger partial charge on any atom is -0.268 e. The van der Waals surface area contributed by atoms with E-state index in [1.165, 1.54) is 5.56 Å². The Hall–Kier alpha value is -2.56. The van der Waals surface area contributed by atoms with Gasteiger partial charge in [-0.2, -0.15) is 0 Å². The van der Waals surface area contributed by atoms with Crippen molar-refractivity contribution in [2.45, 2.75) is 25.4 Å². The summed E-state index contributed by atoms with van der Waals surface area (Å²) in [5, 5.41) is 1.15. The second-order valence-corrected chi connectivity index (χ2v) is 8.58. The Labute approximate surface area is 179 Å². The van der Waals surface area contributed by atoms with E-state index in [2.05, 4.69) is 18.2 Å². The van der Waals surface area contributed by atoms with Crippen LogP contribution in [0.5, 0.6) is 0 Å². The van der Waals surface area contributed by atoms with Crippen LogP contribution in [-0.2, 0) is 11.5 Å².